The fourth-order valence-electron chi connectivity index (χ4n) is 1.16. The summed E-state index contributed by atoms with van der Waals surface area (Å²) in [6.45, 7) is 1.77. The molecule has 2 N–H and O–H groups in total. The van der Waals surface area contributed by atoms with Gasteiger partial charge in [0.1, 0.15) is 5.69 Å². The highest BCUT2D eigenvalue weighted by molar-refractivity contribution is 5.74. The van der Waals surface area contributed by atoms with Gasteiger partial charge in [-0.1, -0.05) is 0 Å². The van der Waals surface area contributed by atoms with Gasteiger partial charge in [-0.05, 0) is 18.6 Å². The summed E-state index contributed by atoms with van der Waals surface area (Å²) in [7, 11) is 0. The molecule has 0 saturated carbocycles. The van der Waals surface area contributed by atoms with E-state index in [1.54, 1.807) is 6.92 Å². The van der Waals surface area contributed by atoms with Crippen LogP contribution in [-0.2, 0) is 6.54 Å². The maximum absolute atomic E-state index is 12.4. The van der Waals surface area contributed by atoms with Crippen molar-refractivity contribution in [3.05, 3.63) is 28.6 Å². The first kappa shape index (κ1) is 10.7. The molecule has 0 unspecified atom stereocenters. The predicted molar refractivity (Wildman–Crippen MR) is 47.2 cm³/mol. The minimum Gasteiger partial charge on any atom is -0.325 e. The Kier molecular flexibility index (Phi) is 3.24. The summed E-state index contributed by atoms with van der Waals surface area (Å²) < 4.78 is 24.8. The number of nitrogens with zero attached hydrogens (tertiary/aromatic N) is 1. The summed E-state index contributed by atoms with van der Waals surface area (Å²) >= 11 is 0. The van der Waals surface area contributed by atoms with Gasteiger partial charge >= 0.3 is 0 Å². The van der Waals surface area contributed by atoms with Gasteiger partial charge in [-0.2, -0.15) is 0 Å². The Hall–Kier alpha value is -1.36. The molecule has 5 heteroatoms. The molecular weight excluding hydrogens is 190 g/mol. The number of aldehydes is 1. The van der Waals surface area contributed by atoms with E-state index in [1.807, 2.05) is 0 Å². The third kappa shape index (κ3) is 1.93. The molecule has 3 nitrogen and oxygen atoms in total. The van der Waals surface area contributed by atoms with E-state index >= 15 is 0 Å². The van der Waals surface area contributed by atoms with E-state index in [2.05, 4.69) is 4.98 Å². The standard InChI is InChI=1S/C9H10F2N2O/c1-5-2-6(9(10)11)8(4-14)13-7(5)3-12/h2,4,9H,3,12H2,1H3. The highest BCUT2D eigenvalue weighted by atomic mass is 19.3. The fourth-order valence-corrected chi connectivity index (χ4v) is 1.16. The Balaban J connectivity index is 3.31. The molecule has 0 saturated heterocycles. The quantitative estimate of drug-likeness (QED) is 0.754. The van der Waals surface area contributed by atoms with Crippen molar-refractivity contribution in [1.29, 1.82) is 0 Å². The van der Waals surface area contributed by atoms with Crippen molar-refractivity contribution in [3.8, 4) is 0 Å². The molecule has 0 atom stereocenters. The van der Waals surface area contributed by atoms with Gasteiger partial charge in [0, 0.05) is 12.1 Å². The van der Waals surface area contributed by atoms with Crippen LogP contribution in [0.1, 0.15) is 33.7 Å². The maximum atomic E-state index is 12.4. The van der Waals surface area contributed by atoms with E-state index in [0.29, 0.717) is 17.5 Å². The SMILES string of the molecule is Cc1cc(C(F)F)c(C=O)nc1CN. The molecule has 1 rings (SSSR count). The van der Waals surface area contributed by atoms with Crippen molar-refractivity contribution in [3.63, 3.8) is 0 Å². The number of carbonyl (C=O) groups is 1. The lowest BCUT2D eigenvalue weighted by Gasteiger charge is -2.07. The van der Waals surface area contributed by atoms with Crippen molar-refractivity contribution in [2.45, 2.75) is 19.9 Å². The average molecular weight is 200 g/mol. The summed E-state index contributed by atoms with van der Waals surface area (Å²) in [6.07, 6.45) is -2.37. The minimum atomic E-state index is -2.69. The number of rotatable bonds is 3. The van der Waals surface area contributed by atoms with E-state index in [9.17, 15) is 13.6 Å². The lowest BCUT2D eigenvalue weighted by molar-refractivity contribution is 0.110. The highest BCUT2D eigenvalue weighted by Gasteiger charge is 2.15. The smallest absolute Gasteiger partial charge is 0.266 e. The summed E-state index contributed by atoms with van der Waals surface area (Å²) in [5.41, 5.74) is 5.81. The number of hydrogen-bond donors (Lipinski definition) is 1. The van der Waals surface area contributed by atoms with E-state index in [-0.39, 0.29) is 17.8 Å². The molecular formula is C9H10F2N2O. The van der Waals surface area contributed by atoms with Gasteiger partial charge in [-0.3, -0.25) is 4.79 Å². The van der Waals surface area contributed by atoms with Gasteiger partial charge in [0.2, 0.25) is 0 Å². The zero-order valence-corrected chi connectivity index (χ0v) is 7.63. The van der Waals surface area contributed by atoms with Gasteiger partial charge in [0.15, 0.2) is 6.29 Å². The number of carbonyl (C=O) groups excluding carboxylic acids is 1. The van der Waals surface area contributed by atoms with Crippen molar-refractivity contribution in [2.75, 3.05) is 0 Å². The Morgan fingerprint density at radius 3 is 2.71 bits per heavy atom. The van der Waals surface area contributed by atoms with Crippen LogP contribution in [0.25, 0.3) is 0 Å². The molecule has 1 heterocycles. The lowest BCUT2D eigenvalue weighted by Crippen LogP contribution is -2.07. The van der Waals surface area contributed by atoms with Crippen molar-refractivity contribution >= 4 is 6.29 Å². The Morgan fingerprint density at radius 2 is 2.29 bits per heavy atom. The largest absolute Gasteiger partial charge is 0.325 e. The normalized spacial score (nSPS) is 10.6. The van der Waals surface area contributed by atoms with Crippen molar-refractivity contribution < 1.29 is 13.6 Å². The van der Waals surface area contributed by atoms with Crippen LogP contribution in [0.3, 0.4) is 0 Å². The van der Waals surface area contributed by atoms with E-state index < -0.39 is 6.43 Å². The van der Waals surface area contributed by atoms with Crippen LogP contribution < -0.4 is 5.73 Å². The molecule has 14 heavy (non-hydrogen) atoms. The van der Waals surface area contributed by atoms with Crippen LogP contribution in [0, 0.1) is 6.92 Å². The molecule has 0 bridgehead atoms. The van der Waals surface area contributed by atoms with Gasteiger partial charge in [-0.25, -0.2) is 13.8 Å². The zero-order valence-electron chi connectivity index (χ0n) is 7.63. The number of hydrogen-bond acceptors (Lipinski definition) is 3. The molecule has 1 aromatic rings. The molecule has 1 aromatic heterocycles. The van der Waals surface area contributed by atoms with Crippen LogP contribution in [0.2, 0.25) is 0 Å². The number of halogens is 2. The molecule has 0 radical (unpaired) electrons. The summed E-state index contributed by atoms with van der Waals surface area (Å²) in [4.78, 5) is 14.2. The second-order valence-electron chi connectivity index (χ2n) is 2.85. The average Bonchev–Trinajstić information content (AvgIpc) is 2.17. The zero-order chi connectivity index (χ0) is 10.7. The van der Waals surface area contributed by atoms with Crippen LogP contribution in [0.5, 0.6) is 0 Å². The summed E-state index contributed by atoms with van der Waals surface area (Å²) in [5, 5.41) is 0. The molecule has 0 aliphatic heterocycles. The summed E-state index contributed by atoms with van der Waals surface area (Å²) in [5.74, 6) is 0. The second kappa shape index (κ2) is 4.23. The van der Waals surface area contributed by atoms with Crippen molar-refractivity contribution in [1.82, 2.24) is 4.98 Å². The Morgan fingerprint density at radius 1 is 1.64 bits per heavy atom. The molecule has 0 amide bonds. The van der Waals surface area contributed by atoms with Gasteiger partial charge < -0.3 is 5.73 Å². The minimum absolute atomic E-state index is 0.135. The molecule has 0 spiro atoms. The van der Waals surface area contributed by atoms with Crippen LogP contribution in [0.15, 0.2) is 6.07 Å². The summed E-state index contributed by atoms with van der Waals surface area (Å²) in [6, 6.07) is 1.25. The van der Waals surface area contributed by atoms with Gasteiger partial charge in [-0.15, -0.1) is 0 Å². The molecule has 0 aromatic carbocycles. The number of pyridine rings is 1. The number of nitrogens with two attached hydrogens (primary N) is 1. The predicted octanol–water partition coefficient (Wildman–Crippen LogP) is 1.60. The first-order valence-electron chi connectivity index (χ1n) is 4.04. The van der Waals surface area contributed by atoms with E-state index in [1.165, 1.54) is 6.07 Å². The van der Waals surface area contributed by atoms with Crippen LogP contribution >= 0.6 is 0 Å². The number of alkyl halides is 2. The first-order chi connectivity index (χ1) is 6.60. The number of aryl methyl sites for hydroxylation is 1. The van der Waals surface area contributed by atoms with E-state index in [4.69, 9.17) is 5.73 Å². The Labute approximate surface area is 79.9 Å². The van der Waals surface area contributed by atoms with Gasteiger partial charge in [0.25, 0.3) is 6.43 Å². The number of aromatic nitrogens is 1. The topological polar surface area (TPSA) is 56.0 Å². The molecule has 0 fully saturated rings. The first-order valence-corrected chi connectivity index (χ1v) is 4.04. The lowest BCUT2D eigenvalue weighted by atomic mass is 10.1. The fraction of sp³-hybridized carbons (Fsp3) is 0.333. The monoisotopic (exact) mass is 200 g/mol. The van der Waals surface area contributed by atoms with Gasteiger partial charge in [0.05, 0.1) is 5.69 Å². The third-order valence-corrected chi connectivity index (χ3v) is 1.92. The van der Waals surface area contributed by atoms with Crippen LogP contribution in [-0.4, -0.2) is 11.3 Å². The van der Waals surface area contributed by atoms with E-state index in [0.717, 1.165) is 0 Å². The third-order valence-electron chi connectivity index (χ3n) is 1.92. The van der Waals surface area contributed by atoms with Crippen molar-refractivity contribution in [2.24, 2.45) is 5.73 Å². The Bertz CT molecular complexity index is 353. The molecule has 0 aliphatic rings. The second-order valence-corrected chi connectivity index (χ2v) is 2.85. The maximum Gasteiger partial charge on any atom is 0.266 e. The molecule has 76 valence electrons. The van der Waals surface area contributed by atoms with Crippen LogP contribution in [0.4, 0.5) is 8.78 Å². The highest BCUT2D eigenvalue weighted by Crippen LogP contribution is 2.22. The molecule has 0 aliphatic carbocycles.